The zero-order valence-corrected chi connectivity index (χ0v) is 15.8. The van der Waals surface area contributed by atoms with Gasteiger partial charge in [-0.2, -0.15) is 0 Å². The molecule has 0 saturated heterocycles. The number of anilines is 1. The van der Waals surface area contributed by atoms with E-state index < -0.39 is 6.03 Å². The summed E-state index contributed by atoms with van der Waals surface area (Å²) < 4.78 is 0.352. The molecule has 5 heteroatoms. The van der Waals surface area contributed by atoms with E-state index in [1.165, 1.54) is 0 Å². The number of halogens is 1. The number of hydrogen-bond acceptors (Lipinski definition) is 1. The van der Waals surface area contributed by atoms with E-state index in [2.05, 4.69) is 18.7 Å². The van der Waals surface area contributed by atoms with Crippen molar-refractivity contribution in [2.75, 3.05) is 25.6 Å². The molecule has 0 saturated carbocycles. The van der Waals surface area contributed by atoms with E-state index in [0.717, 1.165) is 23.4 Å². The molecule has 2 aromatic carbocycles. The van der Waals surface area contributed by atoms with Gasteiger partial charge in [-0.15, -0.1) is 11.6 Å². The van der Waals surface area contributed by atoms with Gasteiger partial charge in [-0.25, -0.2) is 9.39 Å². The molecule has 0 aliphatic carbocycles. The van der Waals surface area contributed by atoms with Gasteiger partial charge in [-0.3, -0.25) is 0 Å². The standard InChI is InChI=1S/C20H25N3O.ClH/c1-5-17(16-12-8-7-9-13-16)18-14-10-11-15-19(18)22(20(21)24)23(3,4)6-2;/h5,7-15,17H,1,6H2,2-4H3,(H-,21,24);1H. The highest BCUT2D eigenvalue weighted by molar-refractivity contribution is 5.89. The lowest BCUT2D eigenvalue weighted by molar-refractivity contribution is -0.889. The number of primary amides is 1. The van der Waals surface area contributed by atoms with E-state index in [1.807, 2.05) is 69.6 Å². The van der Waals surface area contributed by atoms with Crippen LogP contribution in [0.3, 0.4) is 0 Å². The van der Waals surface area contributed by atoms with Crippen molar-refractivity contribution < 1.29 is 21.8 Å². The fraction of sp³-hybridized carbons (Fsp3) is 0.250. The minimum absolute atomic E-state index is 0. The van der Waals surface area contributed by atoms with Crippen LogP contribution in [0.1, 0.15) is 24.0 Å². The largest absolute Gasteiger partial charge is 1.00 e. The van der Waals surface area contributed by atoms with Crippen molar-refractivity contribution in [3.8, 4) is 0 Å². The van der Waals surface area contributed by atoms with Crippen LogP contribution in [-0.2, 0) is 0 Å². The number of carbonyl (C=O) groups is 1. The normalized spacial score (nSPS) is 12.0. The first-order chi connectivity index (χ1) is 11.4. The van der Waals surface area contributed by atoms with Gasteiger partial charge in [0.25, 0.3) is 0 Å². The van der Waals surface area contributed by atoms with Crippen LogP contribution in [0.5, 0.6) is 0 Å². The second-order valence-corrected chi connectivity index (χ2v) is 6.27. The van der Waals surface area contributed by atoms with Crippen LogP contribution in [-0.4, -0.2) is 31.3 Å². The Morgan fingerprint density at radius 3 is 2.24 bits per heavy atom. The third-order valence-corrected chi connectivity index (χ3v) is 4.42. The lowest BCUT2D eigenvalue weighted by atomic mass is 9.90. The number of allylic oxidation sites excluding steroid dienone is 1. The molecule has 1 unspecified atom stereocenters. The highest BCUT2D eigenvalue weighted by atomic mass is 35.5. The van der Waals surface area contributed by atoms with Crippen molar-refractivity contribution >= 4 is 11.7 Å². The van der Waals surface area contributed by atoms with E-state index in [9.17, 15) is 4.79 Å². The Balaban J connectivity index is 0.00000312. The third kappa shape index (κ3) is 4.41. The number of amides is 2. The summed E-state index contributed by atoms with van der Waals surface area (Å²) in [5, 5.41) is 1.63. The zero-order valence-electron chi connectivity index (χ0n) is 15.0. The minimum atomic E-state index is -0.467. The second kappa shape index (κ2) is 8.70. The van der Waals surface area contributed by atoms with E-state index >= 15 is 0 Å². The quantitative estimate of drug-likeness (QED) is 0.465. The fourth-order valence-corrected chi connectivity index (χ4v) is 2.86. The van der Waals surface area contributed by atoms with Crippen LogP contribution in [0.25, 0.3) is 0 Å². The number of benzene rings is 2. The predicted molar refractivity (Wildman–Crippen MR) is 99.6 cm³/mol. The van der Waals surface area contributed by atoms with Gasteiger partial charge in [-0.05, 0) is 24.1 Å². The highest BCUT2D eigenvalue weighted by Crippen LogP contribution is 2.34. The van der Waals surface area contributed by atoms with Gasteiger partial charge in [0.05, 0.1) is 20.6 Å². The van der Waals surface area contributed by atoms with Gasteiger partial charge in [0.15, 0.2) is 0 Å². The summed E-state index contributed by atoms with van der Waals surface area (Å²) in [4.78, 5) is 12.2. The number of nitrogens with two attached hydrogens (primary N) is 1. The summed E-state index contributed by atoms with van der Waals surface area (Å²) in [5.74, 6) is -0.0129. The first-order valence-corrected chi connectivity index (χ1v) is 8.11. The Bertz CT molecular complexity index is 716. The van der Waals surface area contributed by atoms with E-state index in [4.69, 9.17) is 5.73 Å². The molecule has 0 bridgehead atoms. The highest BCUT2D eigenvalue weighted by Gasteiger charge is 2.32. The van der Waals surface area contributed by atoms with Gasteiger partial charge in [0.2, 0.25) is 0 Å². The summed E-state index contributed by atoms with van der Waals surface area (Å²) in [6.07, 6.45) is 1.90. The molecule has 2 amide bonds. The van der Waals surface area contributed by atoms with Crippen molar-refractivity contribution in [1.29, 1.82) is 0 Å². The number of nitrogens with zero attached hydrogens (tertiary/aromatic N) is 2. The summed E-state index contributed by atoms with van der Waals surface area (Å²) in [6.45, 7) is 6.77. The van der Waals surface area contributed by atoms with E-state index in [1.54, 1.807) is 5.01 Å². The van der Waals surface area contributed by atoms with Crippen molar-refractivity contribution in [2.45, 2.75) is 12.8 Å². The average Bonchev–Trinajstić information content (AvgIpc) is 2.57. The summed E-state index contributed by atoms with van der Waals surface area (Å²) in [7, 11) is 3.93. The lowest BCUT2D eigenvalue weighted by Gasteiger charge is -2.38. The fourth-order valence-electron chi connectivity index (χ4n) is 2.86. The van der Waals surface area contributed by atoms with Crippen molar-refractivity contribution in [1.82, 2.24) is 0 Å². The van der Waals surface area contributed by atoms with E-state index in [-0.39, 0.29) is 18.3 Å². The molecule has 25 heavy (non-hydrogen) atoms. The number of carbonyl (C=O) groups excluding carboxylic acids is 1. The second-order valence-electron chi connectivity index (χ2n) is 6.27. The summed E-state index contributed by atoms with van der Waals surface area (Å²) in [6, 6.07) is 17.5. The van der Waals surface area contributed by atoms with Crippen molar-refractivity contribution in [3.63, 3.8) is 0 Å². The van der Waals surface area contributed by atoms with Crippen LogP contribution in [0.15, 0.2) is 67.3 Å². The Hall–Kier alpha value is -2.30. The van der Waals surface area contributed by atoms with Gasteiger partial charge in [0.1, 0.15) is 5.69 Å². The van der Waals surface area contributed by atoms with Gasteiger partial charge >= 0.3 is 6.03 Å². The maximum absolute atomic E-state index is 12.2. The van der Waals surface area contributed by atoms with Crippen LogP contribution < -0.4 is 23.1 Å². The molecular formula is C20H26ClN3O. The molecular weight excluding hydrogens is 334 g/mol. The molecule has 0 fully saturated rings. The third-order valence-electron chi connectivity index (χ3n) is 4.42. The SMILES string of the molecule is C=CC(c1ccccc1)c1ccccc1N(C(N)=O)[N+](C)(C)CC.[Cl-]. The number of quaternary nitrogens is 1. The first kappa shape index (κ1) is 20.7. The maximum Gasteiger partial charge on any atom is 0.363 e. The van der Waals surface area contributed by atoms with Crippen molar-refractivity contribution in [2.24, 2.45) is 5.73 Å². The predicted octanol–water partition coefficient (Wildman–Crippen LogP) is 0.905. The van der Waals surface area contributed by atoms with Gasteiger partial charge in [0, 0.05) is 5.92 Å². The number of urea groups is 1. The van der Waals surface area contributed by atoms with Crippen LogP contribution >= 0.6 is 0 Å². The molecule has 0 aromatic heterocycles. The molecule has 2 rings (SSSR count). The first-order valence-electron chi connectivity index (χ1n) is 8.11. The Kier molecular flexibility index (Phi) is 7.22. The van der Waals surface area contributed by atoms with Crippen LogP contribution in [0.4, 0.5) is 10.5 Å². The molecule has 0 aliphatic rings. The number of para-hydroxylation sites is 1. The molecule has 2 N–H and O–H groups in total. The van der Waals surface area contributed by atoms with Crippen LogP contribution in [0.2, 0.25) is 0 Å². The number of hydrogen-bond donors (Lipinski definition) is 1. The molecule has 1 atom stereocenters. The van der Waals surface area contributed by atoms with Gasteiger partial charge < -0.3 is 18.1 Å². The maximum atomic E-state index is 12.2. The molecule has 0 aliphatic heterocycles. The Morgan fingerprint density at radius 1 is 1.16 bits per heavy atom. The zero-order chi connectivity index (χ0) is 17.7. The summed E-state index contributed by atoms with van der Waals surface area (Å²) >= 11 is 0. The molecule has 2 aromatic rings. The van der Waals surface area contributed by atoms with Gasteiger partial charge in [-0.1, -0.05) is 54.6 Å². The molecule has 4 nitrogen and oxygen atoms in total. The summed E-state index contributed by atoms with van der Waals surface area (Å²) in [5.41, 5.74) is 8.68. The van der Waals surface area contributed by atoms with E-state index in [0.29, 0.717) is 4.59 Å². The molecule has 0 spiro atoms. The molecule has 0 heterocycles. The minimum Gasteiger partial charge on any atom is -1.00 e. The average molecular weight is 360 g/mol. The Labute approximate surface area is 156 Å². The van der Waals surface area contributed by atoms with Crippen LogP contribution in [0, 0.1) is 0 Å². The topological polar surface area (TPSA) is 46.3 Å². The van der Waals surface area contributed by atoms with Crippen molar-refractivity contribution in [3.05, 3.63) is 78.4 Å². The monoisotopic (exact) mass is 359 g/mol. The molecule has 134 valence electrons. The molecule has 0 radical (unpaired) electrons. The number of rotatable bonds is 6. The lowest BCUT2D eigenvalue weighted by Crippen LogP contribution is -3.00. The Morgan fingerprint density at radius 2 is 1.72 bits per heavy atom. The smallest absolute Gasteiger partial charge is 0.363 e.